The summed E-state index contributed by atoms with van der Waals surface area (Å²) in [5.41, 5.74) is 3.57. The first-order valence-corrected chi connectivity index (χ1v) is 9.75. The predicted octanol–water partition coefficient (Wildman–Crippen LogP) is 5.88. The number of hydrogen-bond donors (Lipinski definition) is 0. The molecule has 0 heterocycles. The molecule has 31 heavy (non-hydrogen) atoms. The Labute approximate surface area is 185 Å². The van der Waals surface area contributed by atoms with Gasteiger partial charge in [0.15, 0.2) is 11.6 Å². The van der Waals surface area contributed by atoms with Gasteiger partial charge < -0.3 is 0 Å². The molecule has 0 radical (unpaired) electrons. The van der Waals surface area contributed by atoms with Crippen molar-refractivity contribution in [3.8, 4) is 24.7 Å². The van der Waals surface area contributed by atoms with Crippen molar-refractivity contribution in [1.82, 2.24) is 0 Å². The summed E-state index contributed by atoms with van der Waals surface area (Å²) in [6.07, 6.45) is 38.9. The molecule has 0 aromatic heterocycles. The average Bonchev–Trinajstić information content (AvgIpc) is 3.00. The number of carbonyl (C=O) groups excluding carboxylic acids is 2. The molecular formula is C29H26O2. The largest absolute Gasteiger partial charge is 0.290 e. The smallest absolute Gasteiger partial charge is 0.178 e. The Hall–Kier alpha value is -4.14. The van der Waals surface area contributed by atoms with E-state index in [1.54, 1.807) is 50.3 Å². The first-order valence-electron chi connectivity index (χ1n) is 9.75. The van der Waals surface area contributed by atoms with Crippen molar-refractivity contribution in [2.45, 2.75) is 20.3 Å². The van der Waals surface area contributed by atoms with Crippen molar-refractivity contribution in [1.29, 1.82) is 0 Å². The molecule has 2 nitrogen and oxygen atoms in total. The Balaban J connectivity index is 2.64. The highest BCUT2D eigenvalue weighted by atomic mass is 16.1. The summed E-state index contributed by atoms with van der Waals surface area (Å²) in [4.78, 5) is 23.7. The van der Waals surface area contributed by atoms with Crippen LogP contribution in [0.15, 0.2) is 120 Å². The highest BCUT2D eigenvalue weighted by Crippen LogP contribution is 2.17. The van der Waals surface area contributed by atoms with E-state index in [0.717, 1.165) is 22.3 Å². The summed E-state index contributed by atoms with van der Waals surface area (Å²) in [5, 5.41) is 0. The third-order valence-corrected chi connectivity index (χ3v) is 3.95. The standard InChI is InChI=1S/C29H26O2/c1-5-24(3)13-11-19-28(30)18-10-9-16-26-15-7-8-17-27(23-26)21-22-29(31)20-12-14-25(4)6-2/h1-2,7-22H,23H2,3-4H3/b16-9+,18-10+,19-11+,20-12+,22-21+,24-13-,25-14-. The van der Waals surface area contributed by atoms with E-state index in [9.17, 15) is 9.59 Å². The number of rotatable bonds is 9. The zero-order valence-corrected chi connectivity index (χ0v) is 17.9. The fourth-order valence-electron chi connectivity index (χ4n) is 2.24. The molecule has 0 unspecified atom stereocenters. The van der Waals surface area contributed by atoms with E-state index in [2.05, 4.69) is 11.8 Å². The molecule has 0 saturated heterocycles. The van der Waals surface area contributed by atoms with E-state index in [1.165, 1.54) is 24.3 Å². The maximum atomic E-state index is 11.9. The Morgan fingerprint density at radius 1 is 0.742 bits per heavy atom. The number of terminal acetylenes is 2. The third-order valence-electron chi connectivity index (χ3n) is 3.95. The molecule has 1 aliphatic carbocycles. The van der Waals surface area contributed by atoms with Gasteiger partial charge in [0.25, 0.3) is 0 Å². The normalized spacial score (nSPS) is 15.5. The van der Waals surface area contributed by atoms with Crippen molar-refractivity contribution in [3.63, 3.8) is 0 Å². The average molecular weight is 407 g/mol. The van der Waals surface area contributed by atoms with Crippen LogP contribution in [0, 0.1) is 24.7 Å². The van der Waals surface area contributed by atoms with Crippen LogP contribution in [-0.4, -0.2) is 11.6 Å². The van der Waals surface area contributed by atoms with Gasteiger partial charge in [-0.25, -0.2) is 0 Å². The zero-order valence-electron chi connectivity index (χ0n) is 17.9. The molecule has 0 N–H and O–H groups in total. The van der Waals surface area contributed by atoms with E-state index < -0.39 is 0 Å². The van der Waals surface area contributed by atoms with E-state index in [4.69, 9.17) is 12.8 Å². The van der Waals surface area contributed by atoms with Crippen molar-refractivity contribution in [3.05, 3.63) is 120 Å². The van der Waals surface area contributed by atoms with Crippen molar-refractivity contribution in [2.24, 2.45) is 0 Å². The Kier molecular flexibility index (Phi) is 11.9. The summed E-state index contributed by atoms with van der Waals surface area (Å²) in [5.74, 6) is 4.74. The summed E-state index contributed by atoms with van der Waals surface area (Å²) < 4.78 is 0. The van der Waals surface area contributed by atoms with Gasteiger partial charge in [-0.2, -0.15) is 0 Å². The van der Waals surface area contributed by atoms with Gasteiger partial charge in [0.2, 0.25) is 0 Å². The van der Waals surface area contributed by atoms with Crippen LogP contribution in [0.5, 0.6) is 0 Å². The van der Waals surface area contributed by atoms with E-state index >= 15 is 0 Å². The maximum Gasteiger partial charge on any atom is 0.178 e. The molecule has 0 aliphatic heterocycles. The summed E-state index contributed by atoms with van der Waals surface area (Å²) >= 11 is 0. The number of allylic oxidation sites excluding steroid dienone is 20. The highest BCUT2D eigenvalue weighted by Gasteiger charge is 1.99. The minimum atomic E-state index is -0.122. The first-order chi connectivity index (χ1) is 14.9. The topological polar surface area (TPSA) is 34.1 Å². The van der Waals surface area contributed by atoms with Gasteiger partial charge in [-0.3, -0.25) is 9.59 Å². The number of hydrogen-bond acceptors (Lipinski definition) is 2. The molecule has 0 amide bonds. The van der Waals surface area contributed by atoms with Crippen LogP contribution in [0.4, 0.5) is 0 Å². The van der Waals surface area contributed by atoms with Gasteiger partial charge in [-0.1, -0.05) is 84.8 Å². The molecule has 2 heteroatoms. The van der Waals surface area contributed by atoms with Crippen LogP contribution in [0.3, 0.4) is 0 Å². The fourth-order valence-corrected chi connectivity index (χ4v) is 2.24. The molecule has 0 spiro atoms. The predicted molar refractivity (Wildman–Crippen MR) is 131 cm³/mol. The van der Waals surface area contributed by atoms with Crippen molar-refractivity contribution >= 4 is 11.6 Å². The van der Waals surface area contributed by atoms with Crippen LogP contribution in [0.1, 0.15) is 20.3 Å². The lowest BCUT2D eigenvalue weighted by atomic mass is 10.0. The van der Waals surface area contributed by atoms with Crippen LogP contribution in [0.25, 0.3) is 0 Å². The molecule has 0 bridgehead atoms. The van der Waals surface area contributed by atoms with Crippen LogP contribution in [0.2, 0.25) is 0 Å². The zero-order chi connectivity index (χ0) is 22.9. The van der Waals surface area contributed by atoms with Gasteiger partial charge in [0.1, 0.15) is 0 Å². The van der Waals surface area contributed by atoms with Gasteiger partial charge in [0.05, 0.1) is 0 Å². The van der Waals surface area contributed by atoms with Crippen molar-refractivity contribution < 1.29 is 9.59 Å². The lowest BCUT2D eigenvalue weighted by Crippen LogP contribution is -1.87. The lowest BCUT2D eigenvalue weighted by Gasteiger charge is -2.01. The van der Waals surface area contributed by atoms with Crippen LogP contribution in [-0.2, 0) is 9.59 Å². The minimum Gasteiger partial charge on any atom is -0.290 e. The highest BCUT2D eigenvalue weighted by molar-refractivity contribution is 6.00. The van der Waals surface area contributed by atoms with E-state index in [-0.39, 0.29) is 11.6 Å². The van der Waals surface area contributed by atoms with Crippen LogP contribution >= 0.6 is 0 Å². The molecule has 1 rings (SSSR count). The molecule has 0 atom stereocenters. The van der Waals surface area contributed by atoms with Gasteiger partial charge in [-0.15, -0.1) is 12.8 Å². The fraction of sp³-hybridized carbons (Fsp3) is 0.103. The second-order valence-electron chi connectivity index (χ2n) is 6.61. The second-order valence-corrected chi connectivity index (χ2v) is 6.61. The van der Waals surface area contributed by atoms with E-state index in [1.807, 2.05) is 36.5 Å². The van der Waals surface area contributed by atoms with Crippen molar-refractivity contribution in [2.75, 3.05) is 0 Å². The van der Waals surface area contributed by atoms with Gasteiger partial charge in [-0.05, 0) is 66.9 Å². The quantitative estimate of drug-likeness (QED) is 0.272. The van der Waals surface area contributed by atoms with Gasteiger partial charge in [0, 0.05) is 0 Å². The molecule has 0 aromatic carbocycles. The molecule has 0 aromatic rings. The third kappa shape index (κ3) is 12.1. The summed E-state index contributed by atoms with van der Waals surface area (Å²) in [6.45, 7) is 3.60. The molecule has 1 aliphatic rings. The van der Waals surface area contributed by atoms with E-state index in [0.29, 0.717) is 6.42 Å². The number of carbonyl (C=O) groups is 2. The lowest BCUT2D eigenvalue weighted by molar-refractivity contribution is -0.111. The Morgan fingerprint density at radius 2 is 1.23 bits per heavy atom. The minimum absolute atomic E-state index is 0.113. The molecular weight excluding hydrogens is 380 g/mol. The SMILES string of the molecule is C#C/C(C)=C\C=C\C(=O)/C=C/C=C/C1=CC=CC=C(/C=C/C(=O)/C=C/C=C(/C)C#C)C1. The number of ketones is 2. The molecule has 0 saturated carbocycles. The van der Waals surface area contributed by atoms with Gasteiger partial charge >= 0.3 is 0 Å². The first kappa shape index (κ1) is 24.9. The summed E-state index contributed by atoms with van der Waals surface area (Å²) in [6, 6.07) is 0. The maximum absolute atomic E-state index is 11.9. The molecule has 0 fully saturated rings. The monoisotopic (exact) mass is 406 g/mol. The Bertz CT molecular complexity index is 1060. The second kappa shape index (κ2) is 14.8. The Morgan fingerprint density at radius 3 is 1.77 bits per heavy atom. The van der Waals surface area contributed by atoms with Crippen LogP contribution < -0.4 is 0 Å². The summed E-state index contributed by atoms with van der Waals surface area (Å²) in [7, 11) is 0. The molecule has 154 valence electrons.